The molecule has 0 radical (unpaired) electrons. The van der Waals surface area contributed by atoms with Gasteiger partial charge in [0.1, 0.15) is 17.6 Å². The molecule has 128 valence electrons. The third-order valence-corrected chi connectivity index (χ3v) is 6.22. The summed E-state index contributed by atoms with van der Waals surface area (Å²) in [6.45, 7) is 2.59. The van der Waals surface area contributed by atoms with Crippen molar-refractivity contribution >= 4 is 21.6 Å². The Hall–Kier alpha value is -1.76. The molecule has 1 aliphatic heterocycles. The van der Waals surface area contributed by atoms with Crippen LogP contribution in [0.4, 0.5) is 0 Å². The van der Waals surface area contributed by atoms with Gasteiger partial charge in [0.2, 0.25) is 10.0 Å². The number of fused-ring (bicyclic) bond motifs is 1. The van der Waals surface area contributed by atoms with Crippen LogP contribution in [0.1, 0.15) is 6.92 Å². The highest BCUT2D eigenvalue weighted by Gasteiger charge is 2.30. The third-order valence-electron chi connectivity index (χ3n) is 3.78. The number of rotatable bonds is 5. The van der Waals surface area contributed by atoms with Gasteiger partial charge in [0.15, 0.2) is 11.5 Å². The van der Waals surface area contributed by atoms with E-state index >= 15 is 0 Å². The van der Waals surface area contributed by atoms with Crippen LogP contribution in [0.5, 0.6) is 11.5 Å². The zero-order valence-electron chi connectivity index (χ0n) is 13.2. The van der Waals surface area contributed by atoms with E-state index in [0.717, 1.165) is 0 Å². The third kappa shape index (κ3) is 3.36. The van der Waals surface area contributed by atoms with E-state index in [1.165, 1.54) is 10.4 Å². The molecule has 0 saturated heterocycles. The van der Waals surface area contributed by atoms with Crippen LogP contribution in [0.25, 0.3) is 0 Å². The molecule has 0 amide bonds. The summed E-state index contributed by atoms with van der Waals surface area (Å²) >= 11 is 6.06. The summed E-state index contributed by atoms with van der Waals surface area (Å²) in [5.74, 6) is 1.30. The van der Waals surface area contributed by atoms with Crippen LogP contribution in [-0.2, 0) is 10.0 Å². The Morgan fingerprint density at radius 1 is 1.12 bits per heavy atom. The van der Waals surface area contributed by atoms with Crippen LogP contribution in [0.3, 0.4) is 0 Å². The maximum absolute atomic E-state index is 12.8. The van der Waals surface area contributed by atoms with Crippen LogP contribution < -0.4 is 9.47 Å². The van der Waals surface area contributed by atoms with Gasteiger partial charge in [-0.1, -0.05) is 42.8 Å². The van der Waals surface area contributed by atoms with Gasteiger partial charge < -0.3 is 9.47 Å². The van der Waals surface area contributed by atoms with E-state index in [1.807, 2.05) is 18.2 Å². The quantitative estimate of drug-likeness (QED) is 0.814. The topological polar surface area (TPSA) is 55.8 Å². The number of ether oxygens (including phenoxy) is 2. The van der Waals surface area contributed by atoms with E-state index in [1.54, 1.807) is 31.2 Å². The Bertz CT molecular complexity index is 825. The lowest BCUT2D eigenvalue weighted by molar-refractivity contribution is 0.0771. The van der Waals surface area contributed by atoms with E-state index in [4.69, 9.17) is 21.1 Å². The van der Waals surface area contributed by atoms with Crippen LogP contribution in [0.2, 0.25) is 5.02 Å². The highest BCUT2D eigenvalue weighted by Crippen LogP contribution is 2.32. The summed E-state index contributed by atoms with van der Waals surface area (Å²) in [5, 5.41) is 0.210. The first-order chi connectivity index (χ1) is 11.5. The molecule has 24 heavy (non-hydrogen) atoms. The number of likely N-dealkylation sites (N-methyl/N-ethyl adjacent to an activating group) is 1. The van der Waals surface area contributed by atoms with Gasteiger partial charge in [0, 0.05) is 6.54 Å². The van der Waals surface area contributed by atoms with Gasteiger partial charge in [-0.3, -0.25) is 0 Å². The number of hydrogen-bond acceptors (Lipinski definition) is 4. The molecule has 1 unspecified atom stereocenters. The van der Waals surface area contributed by atoms with Crippen LogP contribution in [0.15, 0.2) is 53.4 Å². The van der Waals surface area contributed by atoms with Crippen molar-refractivity contribution in [1.82, 2.24) is 4.31 Å². The highest BCUT2D eigenvalue weighted by molar-refractivity contribution is 7.89. The zero-order chi connectivity index (χ0) is 17.2. The van der Waals surface area contributed by atoms with E-state index in [2.05, 4.69) is 0 Å². The SMILES string of the molecule is CCN(CC1COc2ccccc2O1)S(=O)(=O)c1ccccc1Cl. The van der Waals surface area contributed by atoms with Crippen molar-refractivity contribution in [1.29, 1.82) is 0 Å². The molecular weight excluding hydrogens is 350 g/mol. The molecular formula is C17H18ClNO4S. The summed E-state index contributed by atoms with van der Waals surface area (Å²) in [5.41, 5.74) is 0. The van der Waals surface area contributed by atoms with Crippen molar-refractivity contribution in [2.45, 2.75) is 17.9 Å². The molecule has 0 N–H and O–H groups in total. The van der Waals surface area contributed by atoms with E-state index in [9.17, 15) is 8.42 Å². The number of hydrogen-bond donors (Lipinski definition) is 0. The normalized spacial score (nSPS) is 17.0. The van der Waals surface area contributed by atoms with Gasteiger partial charge in [0.05, 0.1) is 11.6 Å². The molecule has 0 bridgehead atoms. The van der Waals surface area contributed by atoms with Gasteiger partial charge in [-0.05, 0) is 24.3 Å². The number of sulfonamides is 1. The van der Waals surface area contributed by atoms with E-state index in [0.29, 0.717) is 24.7 Å². The molecule has 7 heteroatoms. The number of para-hydroxylation sites is 2. The second-order valence-electron chi connectivity index (χ2n) is 5.38. The van der Waals surface area contributed by atoms with Crippen molar-refractivity contribution in [3.05, 3.63) is 53.6 Å². The first-order valence-corrected chi connectivity index (χ1v) is 9.47. The Morgan fingerprint density at radius 3 is 2.50 bits per heavy atom. The molecule has 5 nitrogen and oxygen atoms in total. The minimum atomic E-state index is -3.69. The summed E-state index contributed by atoms with van der Waals surface area (Å²) in [6.07, 6.45) is -0.378. The summed E-state index contributed by atoms with van der Waals surface area (Å²) < 4.78 is 38.6. The van der Waals surface area contributed by atoms with Gasteiger partial charge >= 0.3 is 0 Å². The predicted octanol–water partition coefficient (Wildman–Crippen LogP) is 3.19. The highest BCUT2D eigenvalue weighted by atomic mass is 35.5. The fourth-order valence-corrected chi connectivity index (χ4v) is 4.54. The first kappa shape index (κ1) is 17.1. The average molecular weight is 368 g/mol. The smallest absolute Gasteiger partial charge is 0.244 e. The van der Waals surface area contributed by atoms with Crippen LogP contribution in [-0.4, -0.2) is 38.5 Å². The number of nitrogens with zero attached hydrogens (tertiary/aromatic N) is 1. The Kier molecular flexibility index (Phi) is 4.99. The van der Waals surface area contributed by atoms with E-state index in [-0.39, 0.29) is 22.6 Å². The Morgan fingerprint density at radius 2 is 1.79 bits per heavy atom. The fraction of sp³-hybridized carbons (Fsp3) is 0.294. The van der Waals surface area contributed by atoms with Crippen molar-refractivity contribution < 1.29 is 17.9 Å². The van der Waals surface area contributed by atoms with Crippen molar-refractivity contribution in [2.24, 2.45) is 0 Å². The molecule has 0 aliphatic carbocycles. The molecule has 1 atom stereocenters. The van der Waals surface area contributed by atoms with Gasteiger partial charge in [-0.2, -0.15) is 4.31 Å². The molecule has 2 aromatic carbocycles. The second kappa shape index (κ2) is 7.01. The molecule has 0 spiro atoms. The maximum atomic E-state index is 12.8. The first-order valence-electron chi connectivity index (χ1n) is 7.65. The zero-order valence-corrected chi connectivity index (χ0v) is 14.8. The predicted molar refractivity (Wildman–Crippen MR) is 92.2 cm³/mol. The van der Waals surface area contributed by atoms with Crippen LogP contribution >= 0.6 is 11.6 Å². The Balaban J connectivity index is 1.79. The summed E-state index contributed by atoms with van der Waals surface area (Å²) in [4.78, 5) is 0.102. The summed E-state index contributed by atoms with van der Waals surface area (Å²) in [6, 6.07) is 13.8. The molecule has 0 aromatic heterocycles. The maximum Gasteiger partial charge on any atom is 0.244 e. The molecule has 0 saturated carbocycles. The minimum absolute atomic E-state index is 0.102. The second-order valence-corrected chi connectivity index (χ2v) is 7.70. The van der Waals surface area contributed by atoms with Gasteiger partial charge in [-0.15, -0.1) is 0 Å². The molecule has 3 rings (SSSR count). The lowest BCUT2D eigenvalue weighted by Gasteiger charge is -2.30. The summed E-state index contributed by atoms with van der Waals surface area (Å²) in [7, 11) is -3.69. The number of halogens is 1. The largest absolute Gasteiger partial charge is 0.486 e. The molecule has 2 aromatic rings. The Labute approximate surface area is 146 Å². The van der Waals surface area contributed by atoms with E-state index < -0.39 is 10.0 Å². The van der Waals surface area contributed by atoms with Gasteiger partial charge in [0.25, 0.3) is 0 Å². The lowest BCUT2D eigenvalue weighted by Crippen LogP contribution is -2.43. The van der Waals surface area contributed by atoms with Crippen molar-refractivity contribution in [2.75, 3.05) is 19.7 Å². The van der Waals surface area contributed by atoms with Gasteiger partial charge in [-0.25, -0.2) is 8.42 Å². The monoisotopic (exact) mass is 367 g/mol. The van der Waals surface area contributed by atoms with Crippen molar-refractivity contribution in [3.63, 3.8) is 0 Å². The van der Waals surface area contributed by atoms with Crippen LogP contribution in [0, 0.1) is 0 Å². The molecule has 1 heterocycles. The van der Waals surface area contributed by atoms with Crippen molar-refractivity contribution in [3.8, 4) is 11.5 Å². The standard InChI is InChI=1S/C17H18ClNO4S/c1-2-19(24(20,21)17-10-6-3-7-14(17)18)11-13-12-22-15-8-4-5-9-16(15)23-13/h3-10,13H,2,11-12H2,1H3. The molecule has 0 fully saturated rings. The average Bonchev–Trinajstić information content (AvgIpc) is 2.59. The number of benzene rings is 2. The molecule has 1 aliphatic rings. The fourth-order valence-electron chi connectivity index (χ4n) is 2.57. The lowest BCUT2D eigenvalue weighted by atomic mass is 10.2. The minimum Gasteiger partial charge on any atom is -0.486 e.